The van der Waals surface area contributed by atoms with Crippen molar-refractivity contribution in [2.45, 2.75) is 32.1 Å². The van der Waals surface area contributed by atoms with E-state index < -0.39 is 5.82 Å². The number of hydrogen-bond donors (Lipinski definition) is 2. The Morgan fingerprint density at radius 3 is 2.83 bits per heavy atom. The van der Waals surface area contributed by atoms with Crippen molar-refractivity contribution in [1.29, 1.82) is 0 Å². The minimum Gasteiger partial charge on any atom is -0.505 e. The molecule has 7 heteroatoms. The fourth-order valence-corrected chi connectivity index (χ4v) is 3.55. The predicted molar refractivity (Wildman–Crippen MR) is 106 cm³/mol. The van der Waals surface area contributed by atoms with Gasteiger partial charge < -0.3 is 15.3 Å². The molecule has 2 rings (SSSR count). The van der Waals surface area contributed by atoms with E-state index in [0.717, 1.165) is 36.9 Å². The standard InChI is InChI=1S/C16H24FN3OS.HI/c1-4-18-15(20-7-8-22-16(2,3)11-20)19-10-12-5-6-14(21)13(17)9-12;/h5-6,9,21H,4,7-8,10-11H2,1-3H3,(H,18,19);1H. The highest BCUT2D eigenvalue weighted by Crippen LogP contribution is 2.29. The first-order chi connectivity index (χ1) is 10.4. The second-order valence-electron chi connectivity index (χ2n) is 5.99. The molecule has 1 aromatic rings. The zero-order valence-electron chi connectivity index (χ0n) is 13.8. The third-order valence-corrected chi connectivity index (χ3v) is 4.78. The first kappa shape index (κ1) is 20.3. The van der Waals surface area contributed by atoms with Crippen LogP contribution in [-0.4, -0.2) is 46.1 Å². The van der Waals surface area contributed by atoms with Crippen molar-refractivity contribution < 1.29 is 9.50 Å². The summed E-state index contributed by atoms with van der Waals surface area (Å²) in [6.45, 7) is 9.61. The lowest BCUT2D eigenvalue weighted by Crippen LogP contribution is -2.50. The van der Waals surface area contributed by atoms with Gasteiger partial charge in [-0.15, -0.1) is 24.0 Å². The summed E-state index contributed by atoms with van der Waals surface area (Å²) in [5.41, 5.74) is 0.747. The number of phenols is 1. The molecule has 2 N–H and O–H groups in total. The molecule has 23 heavy (non-hydrogen) atoms. The monoisotopic (exact) mass is 453 g/mol. The zero-order valence-corrected chi connectivity index (χ0v) is 17.0. The maximum atomic E-state index is 13.4. The highest BCUT2D eigenvalue weighted by Gasteiger charge is 2.28. The van der Waals surface area contributed by atoms with Crippen LogP contribution in [0.4, 0.5) is 4.39 Å². The summed E-state index contributed by atoms with van der Waals surface area (Å²) in [6.07, 6.45) is 0. The minimum absolute atomic E-state index is 0. The lowest BCUT2D eigenvalue weighted by Gasteiger charge is -2.39. The van der Waals surface area contributed by atoms with E-state index in [-0.39, 0.29) is 34.5 Å². The maximum absolute atomic E-state index is 13.4. The van der Waals surface area contributed by atoms with Gasteiger partial charge in [-0.25, -0.2) is 9.38 Å². The Hall–Kier alpha value is -0.700. The van der Waals surface area contributed by atoms with E-state index in [1.165, 1.54) is 12.1 Å². The smallest absolute Gasteiger partial charge is 0.194 e. The van der Waals surface area contributed by atoms with Gasteiger partial charge in [0.05, 0.1) is 6.54 Å². The fourth-order valence-electron chi connectivity index (χ4n) is 2.44. The number of hydrogen-bond acceptors (Lipinski definition) is 3. The van der Waals surface area contributed by atoms with E-state index in [0.29, 0.717) is 6.54 Å². The molecule has 0 aliphatic carbocycles. The van der Waals surface area contributed by atoms with Crippen molar-refractivity contribution in [1.82, 2.24) is 10.2 Å². The topological polar surface area (TPSA) is 47.9 Å². The lowest BCUT2D eigenvalue weighted by molar-refractivity contribution is 0.376. The number of thioether (sulfide) groups is 1. The molecule has 0 unspecified atom stereocenters. The highest BCUT2D eigenvalue weighted by atomic mass is 127. The van der Waals surface area contributed by atoms with Crippen LogP contribution in [0, 0.1) is 5.82 Å². The van der Waals surface area contributed by atoms with Gasteiger partial charge in [-0.05, 0) is 38.5 Å². The molecule has 0 aromatic heterocycles. The highest BCUT2D eigenvalue weighted by molar-refractivity contribution is 14.0. The number of benzene rings is 1. The summed E-state index contributed by atoms with van der Waals surface area (Å²) in [5, 5.41) is 12.5. The van der Waals surface area contributed by atoms with E-state index in [9.17, 15) is 9.50 Å². The number of nitrogens with one attached hydrogen (secondary N) is 1. The van der Waals surface area contributed by atoms with Crippen LogP contribution in [0.25, 0.3) is 0 Å². The normalized spacial score (nSPS) is 17.6. The van der Waals surface area contributed by atoms with Crippen LogP contribution in [0.15, 0.2) is 23.2 Å². The summed E-state index contributed by atoms with van der Waals surface area (Å²) in [6, 6.07) is 4.40. The quantitative estimate of drug-likeness (QED) is 0.418. The van der Waals surface area contributed by atoms with Crippen LogP contribution in [0.1, 0.15) is 26.3 Å². The maximum Gasteiger partial charge on any atom is 0.194 e. The van der Waals surface area contributed by atoms with Gasteiger partial charge in [0.1, 0.15) is 0 Å². The van der Waals surface area contributed by atoms with Gasteiger partial charge in [-0.2, -0.15) is 11.8 Å². The first-order valence-electron chi connectivity index (χ1n) is 7.56. The summed E-state index contributed by atoms with van der Waals surface area (Å²) in [4.78, 5) is 6.88. The van der Waals surface area contributed by atoms with Crippen molar-refractivity contribution in [2.75, 3.05) is 25.4 Å². The number of nitrogens with zero attached hydrogens (tertiary/aromatic N) is 2. The van der Waals surface area contributed by atoms with Crippen molar-refractivity contribution in [3.05, 3.63) is 29.6 Å². The number of guanidine groups is 1. The molecule has 1 saturated heterocycles. The SMILES string of the molecule is CCNC(=NCc1ccc(O)c(F)c1)N1CCSC(C)(C)C1.I. The molecule has 0 amide bonds. The molecular formula is C16H25FIN3OS. The van der Waals surface area contributed by atoms with Crippen LogP contribution < -0.4 is 5.32 Å². The molecule has 0 bridgehead atoms. The molecule has 130 valence electrons. The van der Waals surface area contributed by atoms with Crippen LogP contribution in [0.5, 0.6) is 5.75 Å². The molecule has 0 atom stereocenters. The van der Waals surface area contributed by atoms with Gasteiger partial charge in [0, 0.05) is 30.1 Å². The predicted octanol–water partition coefficient (Wildman–Crippen LogP) is 3.44. The average Bonchev–Trinajstić information content (AvgIpc) is 2.46. The Morgan fingerprint density at radius 2 is 2.22 bits per heavy atom. The van der Waals surface area contributed by atoms with Crippen LogP contribution in [0.2, 0.25) is 0 Å². The van der Waals surface area contributed by atoms with Gasteiger partial charge in [-0.3, -0.25) is 0 Å². The average molecular weight is 453 g/mol. The van der Waals surface area contributed by atoms with Gasteiger partial charge >= 0.3 is 0 Å². The summed E-state index contributed by atoms with van der Waals surface area (Å²) in [5.74, 6) is 1.01. The summed E-state index contributed by atoms with van der Waals surface area (Å²) >= 11 is 1.98. The molecule has 1 aromatic carbocycles. The second kappa shape index (κ2) is 8.96. The molecule has 0 radical (unpaired) electrons. The number of aliphatic imine (C=N–C) groups is 1. The number of aromatic hydroxyl groups is 1. The van der Waals surface area contributed by atoms with E-state index in [2.05, 4.69) is 29.1 Å². The van der Waals surface area contributed by atoms with E-state index in [4.69, 9.17) is 0 Å². The van der Waals surface area contributed by atoms with E-state index in [1.54, 1.807) is 6.07 Å². The van der Waals surface area contributed by atoms with Crippen molar-refractivity contribution in [3.63, 3.8) is 0 Å². The van der Waals surface area contributed by atoms with Crippen LogP contribution in [0.3, 0.4) is 0 Å². The Kier molecular flexibility index (Phi) is 7.93. The van der Waals surface area contributed by atoms with Crippen LogP contribution >= 0.6 is 35.7 Å². The molecule has 1 heterocycles. The second-order valence-corrected chi connectivity index (χ2v) is 7.79. The molecule has 0 saturated carbocycles. The third-order valence-electron chi connectivity index (χ3n) is 3.48. The molecule has 1 aliphatic rings. The van der Waals surface area contributed by atoms with E-state index in [1.807, 2.05) is 18.7 Å². The lowest BCUT2D eigenvalue weighted by atomic mass is 10.2. The van der Waals surface area contributed by atoms with Gasteiger partial charge in [0.15, 0.2) is 17.5 Å². The molecule has 1 fully saturated rings. The number of rotatable bonds is 3. The Bertz CT molecular complexity index is 554. The number of halogens is 2. The Morgan fingerprint density at radius 1 is 1.48 bits per heavy atom. The molecule has 4 nitrogen and oxygen atoms in total. The third kappa shape index (κ3) is 6.02. The van der Waals surface area contributed by atoms with Crippen molar-refractivity contribution in [3.8, 4) is 5.75 Å². The molecule has 1 aliphatic heterocycles. The van der Waals surface area contributed by atoms with Gasteiger partial charge in [0.25, 0.3) is 0 Å². The van der Waals surface area contributed by atoms with Gasteiger partial charge in [0.2, 0.25) is 0 Å². The summed E-state index contributed by atoms with van der Waals surface area (Å²) in [7, 11) is 0. The number of phenolic OH excluding ortho intramolecular Hbond substituents is 1. The summed E-state index contributed by atoms with van der Waals surface area (Å²) < 4.78 is 13.6. The van der Waals surface area contributed by atoms with Crippen LogP contribution in [-0.2, 0) is 6.54 Å². The van der Waals surface area contributed by atoms with Crippen molar-refractivity contribution >= 4 is 41.7 Å². The zero-order chi connectivity index (χ0) is 16.2. The van der Waals surface area contributed by atoms with E-state index >= 15 is 0 Å². The Labute approximate surface area is 159 Å². The molecular weight excluding hydrogens is 428 g/mol. The largest absolute Gasteiger partial charge is 0.505 e. The first-order valence-corrected chi connectivity index (χ1v) is 8.54. The molecule has 0 spiro atoms. The fraction of sp³-hybridized carbons (Fsp3) is 0.562. The minimum atomic E-state index is -0.604. The van der Waals surface area contributed by atoms with Crippen molar-refractivity contribution in [2.24, 2.45) is 4.99 Å². The Balaban J connectivity index is 0.00000264. The van der Waals surface area contributed by atoms with Gasteiger partial charge in [-0.1, -0.05) is 6.07 Å².